The topological polar surface area (TPSA) is 89.3 Å². The summed E-state index contributed by atoms with van der Waals surface area (Å²) >= 11 is 0. The number of benzene rings is 1. The van der Waals surface area contributed by atoms with Crippen molar-refractivity contribution >= 4 is 15.9 Å². The molecule has 1 aliphatic rings. The van der Waals surface area contributed by atoms with Crippen molar-refractivity contribution in [3.63, 3.8) is 0 Å². The van der Waals surface area contributed by atoms with Crippen LogP contribution in [-0.4, -0.2) is 20.4 Å². The fourth-order valence-electron chi connectivity index (χ4n) is 2.08. The molecule has 110 valence electrons. The second-order valence-electron chi connectivity index (χ2n) is 5.24. The van der Waals surface area contributed by atoms with E-state index in [-0.39, 0.29) is 11.6 Å². The second kappa shape index (κ2) is 5.49. The first kappa shape index (κ1) is 14.9. The van der Waals surface area contributed by atoms with E-state index in [1.807, 2.05) is 6.92 Å². The highest BCUT2D eigenvalue weighted by atomic mass is 32.2. The first-order valence-electron chi connectivity index (χ1n) is 6.40. The minimum Gasteiger partial charge on any atom is -0.350 e. The van der Waals surface area contributed by atoms with E-state index in [9.17, 15) is 17.6 Å². The van der Waals surface area contributed by atoms with Gasteiger partial charge in [0.2, 0.25) is 10.0 Å². The minimum absolute atomic E-state index is 0.00186. The van der Waals surface area contributed by atoms with Crippen molar-refractivity contribution in [1.29, 1.82) is 0 Å². The van der Waals surface area contributed by atoms with Gasteiger partial charge in [-0.25, -0.2) is 17.9 Å². The predicted molar refractivity (Wildman–Crippen MR) is 72.0 cm³/mol. The van der Waals surface area contributed by atoms with Crippen molar-refractivity contribution in [3.05, 3.63) is 29.6 Å². The third-order valence-electron chi connectivity index (χ3n) is 3.26. The number of sulfonamides is 1. The van der Waals surface area contributed by atoms with Crippen LogP contribution >= 0.6 is 0 Å². The van der Waals surface area contributed by atoms with Crippen molar-refractivity contribution in [2.45, 2.75) is 37.1 Å². The monoisotopic (exact) mass is 300 g/mol. The molecule has 3 N–H and O–H groups in total. The molecule has 5 nitrogen and oxygen atoms in total. The van der Waals surface area contributed by atoms with Gasteiger partial charge in [0, 0.05) is 11.6 Å². The van der Waals surface area contributed by atoms with Crippen LogP contribution in [0.1, 0.15) is 36.5 Å². The fraction of sp³-hybridized carbons (Fsp3) is 0.462. The quantitative estimate of drug-likeness (QED) is 0.861. The molecule has 7 heteroatoms. The van der Waals surface area contributed by atoms with E-state index in [0.29, 0.717) is 5.92 Å². The zero-order chi connectivity index (χ0) is 14.9. The lowest BCUT2D eigenvalue weighted by molar-refractivity contribution is 0.0937. The van der Waals surface area contributed by atoms with E-state index in [1.165, 1.54) is 18.9 Å². The molecule has 20 heavy (non-hydrogen) atoms. The summed E-state index contributed by atoms with van der Waals surface area (Å²) in [6.45, 7) is 1.89. The molecule has 1 aromatic carbocycles. The summed E-state index contributed by atoms with van der Waals surface area (Å²) < 4.78 is 35.8. The zero-order valence-corrected chi connectivity index (χ0v) is 11.9. The van der Waals surface area contributed by atoms with Gasteiger partial charge in [-0.2, -0.15) is 0 Å². The molecule has 0 saturated heterocycles. The van der Waals surface area contributed by atoms with Crippen LogP contribution in [0.15, 0.2) is 23.1 Å². The van der Waals surface area contributed by atoms with Gasteiger partial charge in [0.25, 0.3) is 5.91 Å². The maximum Gasteiger partial charge on any atom is 0.251 e. The van der Waals surface area contributed by atoms with Gasteiger partial charge in [0.05, 0.1) is 0 Å². The molecule has 1 aromatic rings. The van der Waals surface area contributed by atoms with E-state index >= 15 is 0 Å². The minimum atomic E-state index is -4.18. The highest BCUT2D eigenvalue weighted by molar-refractivity contribution is 7.89. The molecule has 0 radical (unpaired) electrons. The highest BCUT2D eigenvalue weighted by Gasteiger charge is 2.25. The Hall–Kier alpha value is -1.47. The van der Waals surface area contributed by atoms with Crippen molar-refractivity contribution < 1.29 is 17.6 Å². The average molecular weight is 300 g/mol. The molecule has 1 fully saturated rings. The number of nitrogens with one attached hydrogen (secondary N) is 1. The number of carbonyl (C=O) groups excluding carboxylic acids is 1. The van der Waals surface area contributed by atoms with Crippen molar-refractivity contribution in [3.8, 4) is 0 Å². The number of primary sulfonamides is 1. The first-order chi connectivity index (χ1) is 9.27. The second-order valence-corrected chi connectivity index (χ2v) is 6.77. The Morgan fingerprint density at radius 2 is 2.15 bits per heavy atom. The fourth-order valence-corrected chi connectivity index (χ4v) is 2.71. The van der Waals surface area contributed by atoms with E-state index < -0.39 is 26.6 Å². The van der Waals surface area contributed by atoms with Gasteiger partial charge in [0.1, 0.15) is 10.7 Å². The van der Waals surface area contributed by atoms with E-state index in [4.69, 9.17) is 5.14 Å². The van der Waals surface area contributed by atoms with Crippen molar-refractivity contribution in [1.82, 2.24) is 5.32 Å². The van der Waals surface area contributed by atoms with E-state index in [2.05, 4.69) is 5.32 Å². The molecule has 0 heterocycles. The molecule has 0 bridgehead atoms. The molecule has 1 unspecified atom stereocenters. The SMILES string of the molecule is CC(CC1CC1)NC(=O)c1ccc(F)c(S(N)(=O)=O)c1. The number of hydrogen-bond acceptors (Lipinski definition) is 3. The molecular weight excluding hydrogens is 283 g/mol. The van der Waals surface area contributed by atoms with Gasteiger partial charge < -0.3 is 5.32 Å². The summed E-state index contributed by atoms with van der Waals surface area (Å²) in [7, 11) is -4.18. The average Bonchev–Trinajstić information content (AvgIpc) is 3.11. The number of halogens is 1. The Morgan fingerprint density at radius 1 is 1.50 bits per heavy atom. The van der Waals surface area contributed by atoms with Crippen LogP contribution in [0.3, 0.4) is 0 Å². The Labute approximate surface area is 117 Å². The molecule has 2 rings (SSSR count). The third kappa shape index (κ3) is 3.77. The summed E-state index contributed by atoms with van der Waals surface area (Å²) in [4.78, 5) is 11.3. The normalized spacial score (nSPS) is 16.8. The predicted octanol–water partition coefficient (Wildman–Crippen LogP) is 1.39. The lowest BCUT2D eigenvalue weighted by Gasteiger charge is -2.13. The van der Waals surface area contributed by atoms with Crippen LogP contribution in [0.4, 0.5) is 4.39 Å². The standard InChI is InChI=1S/C13H17FN2O3S/c1-8(6-9-2-3-9)16-13(17)10-4-5-11(14)12(7-10)20(15,18)19/h4-5,7-9H,2-3,6H2,1H3,(H,16,17)(H2,15,18,19). The summed E-state index contributed by atoms with van der Waals surface area (Å²) in [6.07, 6.45) is 3.27. The van der Waals surface area contributed by atoms with Crippen molar-refractivity contribution in [2.24, 2.45) is 11.1 Å². The van der Waals surface area contributed by atoms with Crippen LogP contribution in [-0.2, 0) is 10.0 Å². The van der Waals surface area contributed by atoms with Gasteiger partial charge in [-0.05, 0) is 37.5 Å². The number of rotatable bonds is 5. The van der Waals surface area contributed by atoms with Crippen LogP contribution in [0.5, 0.6) is 0 Å². The Balaban J connectivity index is 2.13. The summed E-state index contributed by atoms with van der Waals surface area (Å²) in [5.41, 5.74) is 0.0815. The van der Waals surface area contributed by atoms with Gasteiger partial charge in [0.15, 0.2) is 0 Å². The molecule has 1 amide bonds. The smallest absolute Gasteiger partial charge is 0.251 e. The Morgan fingerprint density at radius 3 is 2.70 bits per heavy atom. The van der Waals surface area contributed by atoms with Gasteiger partial charge >= 0.3 is 0 Å². The third-order valence-corrected chi connectivity index (χ3v) is 4.19. The van der Waals surface area contributed by atoms with E-state index in [0.717, 1.165) is 18.6 Å². The lowest BCUT2D eigenvalue weighted by atomic mass is 10.1. The maximum atomic E-state index is 13.4. The molecular formula is C13H17FN2O3S. The first-order valence-corrected chi connectivity index (χ1v) is 7.95. The largest absolute Gasteiger partial charge is 0.350 e. The maximum absolute atomic E-state index is 13.4. The number of nitrogens with two attached hydrogens (primary N) is 1. The molecule has 1 aliphatic carbocycles. The molecule has 0 aromatic heterocycles. The van der Waals surface area contributed by atoms with Crippen LogP contribution in [0, 0.1) is 11.7 Å². The van der Waals surface area contributed by atoms with Crippen LogP contribution in [0.2, 0.25) is 0 Å². The van der Waals surface area contributed by atoms with E-state index in [1.54, 1.807) is 0 Å². The Bertz CT molecular complexity index is 627. The van der Waals surface area contributed by atoms with Crippen LogP contribution in [0.25, 0.3) is 0 Å². The Kier molecular flexibility index (Phi) is 4.10. The summed E-state index contributed by atoms with van der Waals surface area (Å²) in [6, 6.07) is 3.13. The van der Waals surface area contributed by atoms with Gasteiger partial charge in [-0.1, -0.05) is 12.8 Å². The molecule has 1 saturated carbocycles. The van der Waals surface area contributed by atoms with Gasteiger partial charge in [-0.3, -0.25) is 4.79 Å². The molecule has 1 atom stereocenters. The molecule has 0 spiro atoms. The number of amides is 1. The number of carbonyl (C=O) groups is 1. The summed E-state index contributed by atoms with van der Waals surface area (Å²) in [5, 5.41) is 7.67. The molecule has 0 aliphatic heterocycles. The zero-order valence-electron chi connectivity index (χ0n) is 11.1. The van der Waals surface area contributed by atoms with Crippen LogP contribution < -0.4 is 10.5 Å². The van der Waals surface area contributed by atoms with Gasteiger partial charge in [-0.15, -0.1) is 0 Å². The van der Waals surface area contributed by atoms with Crippen molar-refractivity contribution in [2.75, 3.05) is 0 Å². The highest BCUT2D eigenvalue weighted by Crippen LogP contribution is 2.33. The summed E-state index contributed by atoms with van der Waals surface area (Å²) in [5.74, 6) is -0.725. The lowest BCUT2D eigenvalue weighted by Crippen LogP contribution is -2.33. The number of hydrogen-bond donors (Lipinski definition) is 2.